The number of piperazine rings is 1. The largest absolute Gasteiger partial charge is 0.352 e. The third-order valence-electron chi connectivity index (χ3n) is 5.22. The molecular weight excluding hydrogens is 358 g/mol. The molecule has 1 atom stereocenters. The summed E-state index contributed by atoms with van der Waals surface area (Å²) in [5.41, 5.74) is 1.01. The van der Waals surface area contributed by atoms with E-state index in [0.717, 1.165) is 74.1 Å². The van der Waals surface area contributed by atoms with Gasteiger partial charge in [-0.1, -0.05) is 32.4 Å². The molecule has 0 saturated carbocycles. The molecule has 1 amide bonds. The lowest BCUT2D eigenvalue weighted by atomic mass is 10.1. The predicted molar refractivity (Wildman–Crippen MR) is 112 cm³/mol. The van der Waals surface area contributed by atoms with Crippen LogP contribution < -0.4 is 10.2 Å². The number of nitrogens with zero attached hydrogens (tertiary/aromatic N) is 4. The summed E-state index contributed by atoms with van der Waals surface area (Å²) in [4.78, 5) is 26.1. The zero-order valence-corrected chi connectivity index (χ0v) is 17.1. The topological polar surface area (TPSA) is 61.4 Å². The summed E-state index contributed by atoms with van der Waals surface area (Å²) in [6, 6.07) is -0.00103. The van der Waals surface area contributed by atoms with Crippen LogP contribution in [0.3, 0.4) is 0 Å². The van der Waals surface area contributed by atoms with Crippen LogP contribution >= 0.6 is 11.8 Å². The number of rotatable bonds is 6. The molecule has 6 nitrogen and oxygen atoms in total. The molecule has 148 valence electrons. The van der Waals surface area contributed by atoms with Crippen molar-refractivity contribution in [2.24, 2.45) is 0 Å². The normalized spacial score (nSPS) is 21.0. The van der Waals surface area contributed by atoms with Gasteiger partial charge in [-0.3, -0.25) is 4.79 Å². The molecule has 2 fully saturated rings. The van der Waals surface area contributed by atoms with E-state index < -0.39 is 0 Å². The van der Waals surface area contributed by atoms with Gasteiger partial charge in [-0.25, -0.2) is 9.97 Å². The van der Waals surface area contributed by atoms with Crippen molar-refractivity contribution in [1.82, 2.24) is 20.2 Å². The van der Waals surface area contributed by atoms with Crippen molar-refractivity contribution in [3.8, 4) is 0 Å². The van der Waals surface area contributed by atoms with Gasteiger partial charge in [0.1, 0.15) is 17.2 Å². The van der Waals surface area contributed by atoms with Gasteiger partial charge in [0.25, 0.3) is 0 Å². The molecule has 0 spiro atoms. The highest BCUT2D eigenvalue weighted by molar-refractivity contribution is 7.99. The van der Waals surface area contributed by atoms with Gasteiger partial charge in [0.05, 0.1) is 6.04 Å². The SMILES string of the molecule is C=Cc1c(SCCC)ncnc1N1CCN(C(=O)C2CCCCCN2)CC1. The Balaban J connectivity index is 1.63. The highest BCUT2D eigenvalue weighted by Gasteiger charge is 2.29. The smallest absolute Gasteiger partial charge is 0.239 e. The van der Waals surface area contributed by atoms with Crippen molar-refractivity contribution in [3.05, 3.63) is 18.5 Å². The Morgan fingerprint density at radius 3 is 2.85 bits per heavy atom. The molecule has 27 heavy (non-hydrogen) atoms. The average molecular weight is 390 g/mol. The van der Waals surface area contributed by atoms with Crippen LogP contribution in [-0.4, -0.2) is 65.3 Å². The van der Waals surface area contributed by atoms with E-state index in [1.54, 1.807) is 18.1 Å². The molecule has 2 aliphatic rings. The first-order chi connectivity index (χ1) is 13.2. The Bertz CT molecular complexity index is 637. The summed E-state index contributed by atoms with van der Waals surface area (Å²) >= 11 is 1.75. The number of aromatic nitrogens is 2. The summed E-state index contributed by atoms with van der Waals surface area (Å²) in [6.45, 7) is 10.2. The first-order valence-electron chi connectivity index (χ1n) is 10.1. The van der Waals surface area contributed by atoms with E-state index in [1.165, 1.54) is 12.8 Å². The lowest BCUT2D eigenvalue weighted by molar-refractivity contribution is -0.133. The van der Waals surface area contributed by atoms with Crippen LogP contribution in [-0.2, 0) is 4.79 Å². The Morgan fingerprint density at radius 2 is 2.11 bits per heavy atom. The van der Waals surface area contributed by atoms with Crippen LogP contribution in [0, 0.1) is 0 Å². The number of thioether (sulfide) groups is 1. The van der Waals surface area contributed by atoms with Gasteiger partial charge in [0.2, 0.25) is 5.91 Å². The third kappa shape index (κ3) is 5.02. The molecule has 3 heterocycles. The van der Waals surface area contributed by atoms with Crippen molar-refractivity contribution in [3.63, 3.8) is 0 Å². The molecule has 3 rings (SSSR count). The Kier molecular flexibility index (Phi) is 7.52. The summed E-state index contributed by atoms with van der Waals surface area (Å²) < 4.78 is 0. The van der Waals surface area contributed by atoms with Crippen molar-refractivity contribution >= 4 is 29.6 Å². The standard InChI is InChI=1S/C20H31N5OS/c1-3-14-27-19-16(4-2)18(22-15-23-19)24-10-12-25(13-11-24)20(26)17-8-6-5-7-9-21-17/h4,15,17,21H,2-3,5-14H2,1H3. The van der Waals surface area contributed by atoms with Gasteiger partial charge in [-0.15, -0.1) is 11.8 Å². The summed E-state index contributed by atoms with van der Waals surface area (Å²) in [5.74, 6) is 2.24. The first-order valence-corrected chi connectivity index (χ1v) is 11.1. The van der Waals surface area contributed by atoms with Crippen molar-refractivity contribution in [2.75, 3.05) is 43.4 Å². The number of nitrogens with one attached hydrogen (secondary N) is 1. The fraction of sp³-hybridized carbons (Fsp3) is 0.650. The van der Waals surface area contributed by atoms with Crippen molar-refractivity contribution in [2.45, 2.75) is 50.1 Å². The van der Waals surface area contributed by atoms with Crippen LogP contribution in [0.1, 0.15) is 44.6 Å². The molecular formula is C20H31N5OS. The second kappa shape index (κ2) is 10.1. The summed E-state index contributed by atoms with van der Waals surface area (Å²) in [6.07, 6.45) is 9.12. The maximum absolute atomic E-state index is 12.8. The number of amides is 1. The van der Waals surface area contributed by atoms with Crippen LogP contribution in [0.15, 0.2) is 17.9 Å². The fourth-order valence-corrected chi connectivity index (χ4v) is 4.56. The van der Waals surface area contributed by atoms with E-state index in [-0.39, 0.29) is 11.9 Å². The van der Waals surface area contributed by atoms with E-state index in [1.807, 2.05) is 11.0 Å². The summed E-state index contributed by atoms with van der Waals surface area (Å²) in [7, 11) is 0. The van der Waals surface area contributed by atoms with Crippen LogP contribution in [0.2, 0.25) is 0 Å². The minimum Gasteiger partial charge on any atom is -0.352 e. The second-order valence-electron chi connectivity index (χ2n) is 7.14. The monoisotopic (exact) mass is 389 g/mol. The van der Waals surface area contributed by atoms with E-state index in [2.05, 4.69) is 33.7 Å². The number of anilines is 1. The number of hydrogen-bond acceptors (Lipinski definition) is 6. The van der Waals surface area contributed by atoms with E-state index in [4.69, 9.17) is 0 Å². The third-order valence-corrected chi connectivity index (χ3v) is 6.43. The molecule has 1 aromatic rings. The highest BCUT2D eigenvalue weighted by Crippen LogP contribution is 2.29. The minimum atomic E-state index is -0.00103. The van der Waals surface area contributed by atoms with Gasteiger partial charge in [-0.05, 0) is 31.6 Å². The molecule has 0 aliphatic carbocycles. The average Bonchev–Trinajstić information content (AvgIpc) is 3.01. The number of carbonyl (C=O) groups is 1. The van der Waals surface area contributed by atoms with Crippen LogP contribution in [0.25, 0.3) is 6.08 Å². The fourth-order valence-electron chi connectivity index (χ4n) is 3.71. The molecule has 1 N–H and O–H groups in total. The molecule has 0 aromatic carbocycles. The zero-order valence-electron chi connectivity index (χ0n) is 16.3. The van der Waals surface area contributed by atoms with Gasteiger partial charge < -0.3 is 15.1 Å². The summed E-state index contributed by atoms with van der Waals surface area (Å²) in [5, 5.41) is 4.42. The van der Waals surface area contributed by atoms with Gasteiger partial charge >= 0.3 is 0 Å². The molecule has 7 heteroatoms. The van der Waals surface area contributed by atoms with E-state index in [9.17, 15) is 4.79 Å². The highest BCUT2D eigenvalue weighted by atomic mass is 32.2. The number of hydrogen-bond donors (Lipinski definition) is 1. The molecule has 2 saturated heterocycles. The number of carbonyl (C=O) groups excluding carboxylic acids is 1. The Labute approximate surface area is 166 Å². The lowest BCUT2D eigenvalue weighted by Crippen LogP contribution is -2.54. The predicted octanol–water partition coefficient (Wildman–Crippen LogP) is 2.80. The maximum Gasteiger partial charge on any atom is 0.239 e. The van der Waals surface area contributed by atoms with Crippen LogP contribution in [0.5, 0.6) is 0 Å². The van der Waals surface area contributed by atoms with Crippen molar-refractivity contribution in [1.29, 1.82) is 0 Å². The van der Waals surface area contributed by atoms with Gasteiger partial charge in [-0.2, -0.15) is 0 Å². The minimum absolute atomic E-state index is 0.00103. The Morgan fingerprint density at radius 1 is 1.30 bits per heavy atom. The first kappa shape index (κ1) is 20.1. The lowest BCUT2D eigenvalue weighted by Gasteiger charge is -2.37. The van der Waals surface area contributed by atoms with Crippen molar-refractivity contribution < 1.29 is 4.79 Å². The van der Waals surface area contributed by atoms with Gasteiger partial charge in [0.15, 0.2) is 0 Å². The van der Waals surface area contributed by atoms with Crippen LogP contribution in [0.4, 0.5) is 5.82 Å². The molecule has 1 aromatic heterocycles. The second-order valence-corrected chi connectivity index (χ2v) is 8.22. The molecule has 0 radical (unpaired) electrons. The molecule has 0 bridgehead atoms. The van der Waals surface area contributed by atoms with E-state index >= 15 is 0 Å². The maximum atomic E-state index is 12.8. The zero-order chi connectivity index (χ0) is 19.1. The van der Waals surface area contributed by atoms with E-state index in [0.29, 0.717) is 0 Å². The Hall–Kier alpha value is -1.60. The molecule has 2 aliphatic heterocycles. The quantitative estimate of drug-likeness (QED) is 0.596. The molecule has 1 unspecified atom stereocenters. The van der Waals surface area contributed by atoms with Gasteiger partial charge in [0, 0.05) is 31.7 Å².